The van der Waals surface area contributed by atoms with Crippen LogP contribution in [0, 0.1) is 5.41 Å². The summed E-state index contributed by atoms with van der Waals surface area (Å²) in [6.45, 7) is 0.627. The molecule has 0 saturated heterocycles. The van der Waals surface area contributed by atoms with Gasteiger partial charge in [-0.1, -0.05) is 19.3 Å². The summed E-state index contributed by atoms with van der Waals surface area (Å²) in [5.41, 5.74) is 7.19. The van der Waals surface area contributed by atoms with Crippen LogP contribution in [-0.4, -0.2) is 12.5 Å². The Kier molecular flexibility index (Phi) is 4.34. The highest BCUT2D eigenvalue weighted by molar-refractivity contribution is 5.77. The van der Waals surface area contributed by atoms with E-state index in [1.807, 2.05) is 6.07 Å². The van der Waals surface area contributed by atoms with E-state index in [0.29, 0.717) is 13.0 Å². The molecular weight excluding hydrogens is 264 g/mol. The predicted octanol–water partition coefficient (Wildman–Crippen LogP) is 3.07. The molecule has 116 valence electrons. The Labute approximate surface area is 126 Å². The minimum Gasteiger partial charge on any atom is -0.469 e. The number of hydrogen-bond donors (Lipinski definition) is 2. The van der Waals surface area contributed by atoms with Crippen LogP contribution in [0.15, 0.2) is 16.7 Å². The molecule has 0 aliphatic heterocycles. The standard InChI is InChI=1S/C17H26N2O2/c18-12-17(8-2-1-3-9-17)11-16(20)19-14-5-4-6-15-13(14)7-10-21-15/h7,10,14H,1-6,8-9,11-12,18H2,(H,19,20). The fraction of sp³-hybridized carbons (Fsp3) is 0.706. The molecule has 3 rings (SSSR count). The summed E-state index contributed by atoms with van der Waals surface area (Å²) < 4.78 is 5.49. The van der Waals surface area contributed by atoms with E-state index in [2.05, 4.69) is 5.32 Å². The number of nitrogens with two attached hydrogens (primary N) is 1. The van der Waals surface area contributed by atoms with Crippen LogP contribution in [-0.2, 0) is 11.2 Å². The molecule has 1 saturated carbocycles. The average Bonchev–Trinajstić information content (AvgIpc) is 2.98. The first-order chi connectivity index (χ1) is 10.2. The van der Waals surface area contributed by atoms with Crippen LogP contribution in [0.4, 0.5) is 0 Å². The van der Waals surface area contributed by atoms with Crippen LogP contribution < -0.4 is 11.1 Å². The number of carbonyl (C=O) groups is 1. The summed E-state index contributed by atoms with van der Waals surface area (Å²) in [5, 5.41) is 3.21. The van der Waals surface area contributed by atoms with Crippen molar-refractivity contribution >= 4 is 5.91 Å². The molecule has 0 spiro atoms. The van der Waals surface area contributed by atoms with E-state index in [4.69, 9.17) is 10.2 Å². The van der Waals surface area contributed by atoms with Crippen molar-refractivity contribution in [3.8, 4) is 0 Å². The number of hydrogen-bond acceptors (Lipinski definition) is 3. The smallest absolute Gasteiger partial charge is 0.221 e. The third kappa shape index (κ3) is 3.15. The van der Waals surface area contributed by atoms with Gasteiger partial charge in [-0.2, -0.15) is 0 Å². The number of aryl methyl sites for hydroxylation is 1. The zero-order valence-electron chi connectivity index (χ0n) is 12.7. The molecule has 0 bridgehead atoms. The van der Waals surface area contributed by atoms with Crippen molar-refractivity contribution in [2.45, 2.75) is 63.8 Å². The molecule has 1 heterocycles. The lowest BCUT2D eigenvalue weighted by Gasteiger charge is -2.36. The van der Waals surface area contributed by atoms with E-state index >= 15 is 0 Å². The van der Waals surface area contributed by atoms with Crippen molar-refractivity contribution in [2.75, 3.05) is 6.54 Å². The Balaban J connectivity index is 1.62. The van der Waals surface area contributed by atoms with E-state index in [1.165, 1.54) is 24.8 Å². The van der Waals surface area contributed by atoms with Gasteiger partial charge in [-0.05, 0) is 43.7 Å². The highest BCUT2D eigenvalue weighted by Crippen LogP contribution is 2.39. The van der Waals surface area contributed by atoms with Gasteiger partial charge in [-0.3, -0.25) is 4.79 Å². The lowest BCUT2D eigenvalue weighted by Crippen LogP contribution is -2.40. The second-order valence-electron chi connectivity index (χ2n) is 6.75. The first-order valence-electron chi connectivity index (χ1n) is 8.28. The Morgan fingerprint density at radius 3 is 2.90 bits per heavy atom. The summed E-state index contributed by atoms with van der Waals surface area (Å²) in [5.74, 6) is 1.19. The second kappa shape index (κ2) is 6.22. The SMILES string of the molecule is NCC1(CC(=O)NC2CCCc3occc32)CCCCC1. The largest absolute Gasteiger partial charge is 0.469 e. The van der Waals surface area contributed by atoms with Gasteiger partial charge in [0, 0.05) is 18.4 Å². The summed E-state index contributed by atoms with van der Waals surface area (Å²) in [7, 11) is 0. The lowest BCUT2D eigenvalue weighted by molar-refractivity contribution is -0.124. The molecule has 1 aromatic heterocycles. The monoisotopic (exact) mass is 290 g/mol. The lowest BCUT2D eigenvalue weighted by atomic mass is 9.71. The van der Waals surface area contributed by atoms with Crippen LogP contribution in [0.5, 0.6) is 0 Å². The summed E-state index contributed by atoms with van der Waals surface area (Å²) >= 11 is 0. The van der Waals surface area contributed by atoms with Gasteiger partial charge in [0.15, 0.2) is 0 Å². The molecule has 4 nitrogen and oxygen atoms in total. The number of amides is 1. The number of furan rings is 1. The highest BCUT2D eigenvalue weighted by atomic mass is 16.3. The van der Waals surface area contributed by atoms with Crippen molar-refractivity contribution in [1.29, 1.82) is 0 Å². The molecule has 1 atom stereocenters. The molecule has 2 aliphatic rings. The van der Waals surface area contributed by atoms with Crippen molar-refractivity contribution in [3.63, 3.8) is 0 Å². The zero-order valence-corrected chi connectivity index (χ0v) is 12.7. The Hall–Kier alpha value is -1.29. The van der Waals surface area contributed by atoms with E-state index in [0.717, 1.165) is 37.9 Å². The maximum Gasteiger partial charge on any atom is 0.221 e. The van der Waals surface area contributed by atoms with Crippen LogP contribution in [0.25, 0.3) is 0 Å². The number of rotatable bonds is 4. The summed E-state index contributed by atoms with van der Waals surface area (Å²) in [6.07, 6.45) is 11.3. The van der Waals surface area contributed by atoms with Crippen LogP contribution in [0.3, 0.4) is 0 Å². The predicted molar refractivity (Wildman–Crippen MR) is 81.7 cm³/mol. The number of nitrogens with one attached hydrogen (secondary N) is 1. The minimum atomic E-state index is 0.0379. The molecule has 0 radical (unpaired) electrons. The van der Waals surface area contributed by atoms with Gasteiger partial charge >= 0.3 is 0 Å². The third-order valence-electron chi connectivity index (χ3n) is 5.27. The second-order valence-corrected chi connectivity index (χ2v) is 6.75. The van der Waals surface area contributed by atoms with Gasteiger partial charge in [0.25, 0.3) is 0 Å². The molecule has 4 heteroatoms. The fourth-order valence-electron chi connectivity index (χ4n) is 3.98. The van der Waals surface area contributed by atoms with Crippen LogP contribution in [0.2, 0.25) is 0 Å². The molecule has 2 aliphatic carbocycles. The van der Waals surface area contributed by atoms with Gasteiger partial charge in [0.1, 0.15) is 5.76 Å². The van der Waals surface area contributed by atoms with Crippen molar-refractivity contribution in [2.24, 2.45) is 11.1 Å². The normalized spacial score (nSPS) is 24.3. The minimum absolute atomic E-state index is 0.0379. The quantitative estimate of drug-likeness (QED) is 0.895. The Morgan fingerprint density at radius 2 is 2.14 bits per heavy atom. The zero-order chi connectivity index (χ0) is 14.7. The molecular formula is C17H26N2O2. The fourth-order valence-corrected chi connectivity index (χ4v) is 3.98. The van der Waals surface area contributed by atoms with E-state index in [-0.39, 0.29) is 17.4 Å². The van der Waals surface area contributed by atoms with E-state index in [9.17, 15) is 4.79 Å². The van der Waals surface area contributed by atoms with E-state index in [1.54, 1.807) is 6.26 Å². The Bertz CT molecular complexity index is 489. The van der Waals surface area contributed by atoms with Gasteiger partial charge in [-0.25, -0.2) is 0 Å². The van der Waals surface area contributed by atoms with E-state index < -0.39 is 0 Å². The van der Waals surface area contributed by atoms with Gasteiger partial charge < -0.3 is 15.5 Å². The van der Waals surface area contributed by atoms with Crippen molar-refractivity contribution < 1.29 is 9.21 Å². The van der Waals surface area contributed by atoms with Crippen molar-refractivity contribution in [1.82, 2.24) is 5.32 Å². The van der Waals surface area contributed by atoms with Crippen LogP contribution >= 0.6 is 0 Å². The molecule has 1 aromatic rings. The molecule has 1 amide bonds. The molecule has 1 unspecified atom stereocenters. The highest BCUT2D eigenvalue weighted by Gasteiger charge is 2.34. The van der Waals surface area contributed by atoms with Crippen molar-refractivity contribution in [3.05, 3.63) is 23.7 Å². The molecule has 3 N–H and O–H groups in total. The maximum atomic E-state index is 12.5. The summed E-state index contributed by atoms with van der Waals surface area (Å²) in [4.78, 5) is 12.5. The Morgan fingerprint density at radius 1 is 1.33 bits per heavy atom. The van der Waals surface area contributed by atoms with Crippen LogP contribution in [0.1, 0.15) is 68.7 Å². The molecule has 21 heavy (non-hydrogen) atoms. The first-order valence-corrected chi connectivity index (χ1v) is 8.28. The van der Waals surface area contributed by atoms with Gasteiger partial charge in [0.2, 0.25) is 5.91 Å². The number of fused-ring (bicyclic) bond motifs is 1. The average molecular weight is 290 g/mol. The number of carbonyl (C=O) groups excluding carboxylic acids is 1. The molecule has 1 fully saturated rings. The summed E-state index contributed by atoms with van der Waals surface area (Å²) in [6, 6.07) is 2.12. The first kappa shape index (κ1) is 14.6. The maximum absolute atomic E-state index is 12.5. The third-order valence-corrected chi connectivity index (χ3v) is 5.27. The molecule has 0 aromatic carbocycles. The van der Waals surface area contributed by atoms with Gasteiger partial charge in [-0.15, -0.1) is 0 Å². The topological polar surface area (TPSA) is 68.3 Å². The van der Waals surface area contributed by atoms with Gasteiger partial charge in [0.05, 0.1) is 12.3 Å².